The molecule has 0 bridgehead atoms. The highest BCUT2D eigenvalue weighted by atomic mass is 79.9. The predicted octanol–water partition coefficient (Wildman–Crippen LogP) is 1.76. The molecule has 0 fully saturated rings. The molecule has 8 heteroatoms. The number of sulfonamides is 1. The molecular weight excluding hydrogens is 354 g/mol. The summed E-state index contributed by atoms with van der Waals surface area (Å²) in [6.07, 6.45) is 1.46. The van der Waals surface area contributed by atoms with E-state index in [2.05, 4.69) is 20.7 Å². The fourth-order valence-electron chi connectivity index (χ4n) is 1.34. The number of hydrogen-bond acceptors (Lipinski definition) is 4. The number of nitrogens with zero attached hydrogens (tertiary/aromatic N) is 1. The maximum Gasteiger partial charge on any atom is 0.240 e. The molecule has 5 nitrogen and oxygen atoms in total. The van der Waals surface area contributed by atoms with Crippen LogP contribution in [0.3, 0.4) is 0 Å². The summed E-state index contributed by atoms with van der Waals surface area (Å²) in [5.74, 6) is 0. The molecule has 1 rings (SSSR count). The molecule has 1 aromatic rings. The van der Waals surface area contributed by atoms with E-state index in [-0.39, 0.29) is 17.3 Å². The lowest BCUT2D eigenvalue weighted by molar-refractivity contribution is 0.577. The Labute approximate surface area is 127 Å². The van der Waals surface area contributed by atoms with Crippen molar-refractivity contribution < 1.29 is 8.42 Å². The lowest BCUT2D eigenvalue weighted by atomic mass is 10.2. The van der Waals surface area contributed by atoms with Crippen LogP contribution in [0.4, 0.5) is 0 Å². The third-order valence-electron chi connectivity index (χ3n) is 2.23. The summed E-state index contributed by atoms with van der Waals surface area (Å²) in [7, 11) is -3.57. The molecule has 0 saturated heterocycles. The average Bonchev–Trinajstić information content (AvgIpc) is 2.34. The van der Waals surface area contributed by atoms with Gasteiger partial charge in [0.1, 0.15) is 0 Å². The van der Waals surface area contributed by atoms with Gasteiger partial charge in [-0.25, -0.2) is 13.1 Å². The Morgan fingerprint density at radius 3 is 2.58 bits per heavy atom. The van der Waals surface area contributed by atoms with Crippen molar-refractivity contribution in [2.45, 2.75) is 17.7 Å². The van der Waals surface area contributed by atoms with Gasteiger partial charge in [-0.1, -0.05) is 15.9 Å². The first-order valence-corrected chi connectivity index (χ1v) is 7.67. The normalized spacial score (nSPS) is 10.6. The second-order valence-electron chi connectivity index (χ2n) is 3.68. The first-order valence-electron chi connectivity index (χ1n) is 5.40. The Bertz CT molecular complexity index is 558. The summed E-state index contributed by atoms with van der Waals surface area (Å²) in [6.45, 7) is 0.880. The van der Waals surface area contributed by atoms with Gasteiger partial charge < -0.3 is 5.73 Å². The van der Waals surface area contributed by atoms with Crippen molar-refractivity contribution in [1.29, 1.82) is 5.26 Å². The van der Waals surface area contributed by atoms with Crippen LogP contribution in [0.1, 0.15) is 18.4 Å². The highest BCUT2D eigenvalue weighted by Gasteiger charge is 2.14. The maximum absolute atomic E-state index is 11.9. The zero-order valence-electron chi connectivity index (χ0n) is 10.1. The lowest BCUT2D eigenvalue weighted by Crippen LogP contribution is -2.25. The summed E-state index contributed by atoms with van der Waals surface area (Å²) in [5.41, 5.74) is 5.63. The Morgan fingerprint density at radius 1 is 1.32 bits per heavy atom. The molecule has 0 aliphatic rings. The van der Waals surface area contributed by atoms with Gasteiger partial charge in [-0.05, 0) is 37.6 Å². The molecule has 0 aliphatic heterocycles. The number of hydrogen-bond donors (Lipinski definition) is 2. The number of nitriles is 1. The van der Waals surface area contributed by atoms with Crippen molar-refractivity contribution in [3.8, 4) is 6.07 Å². The third kappa shape index (κ3) is 5.89. The summed E-state index contributed by atoms with van der Waals surface area (Å²) < 4.78 is 26.9. The van der Waals surface area contributed by atoms with Crippen molar-refractivity contribution in [3.63, 3.8) is 0 Å². The number of rotatable bonds is 6. The smallest absolute Gasteiger partial charge is 0.240 e. The van der Waals surface area contributed by atoms with Crippen molar-refractivity contribution in [1.82, 2.24) is 4.72 Å². The highest BCUT2D eigenvalue weighted by Crippen LogP contribution is 2.19. The molecule has 0 atom stereocenters. The van der Waals surface area contributed by atoms with Crippen molar-refractivity contribution in [2.24, 2.45) is 5.73 Å². The molecule has 0 saturated carbocycles. The van der Waals surface area contributed by atoms with Crippen LogP contribution < -0.4 is 10.5 Å². The Morgan fingerprint density at radius 2 is 2.00 bits per heavy atom. The van der Waals surface area contributed by atoms with Gasteiger partial charge in [0.15, 0.2) is 0 Å². The number of nitrogens with one attached hydrogen (secondary N) is 1. The van der Waals surface area contributed by atoms with Gasteiger partial charge >= 0.3 is 0 Å². The van der Waals surface area contributed by atoms with Crippen molar-refractivity contribution >= 4 is 38.4 Å². The van der Waals surface area contributed by atoms with Gasteiger partial charge in [0.05, 0.1) is 16.5 Å². The standard InChI is InChI=1S/C11H14BrN3O2S.ClH/c12-10-5-9(8-14)6-11(7-10)18(16,17)15-4-2-1-3-13;/h5-7,15H,1-4,13H2;1H. The van der Waals surface area contributed by atoms with Crippen LogP contribution in [0.15, 0.2) is 27.6 Å². The topological polar surface area (TPSA) is 96.0 Å². The molecule has 0 spiro atoms. The molecule has 3 N–H and O–H groups in total. The van der Waals surface area contributed by atoms with Crippen LogP contribution >= 0.6 is 28.3 Å². The Hall–Kier alpha value is -0.650. The van der Waals surface area contributed by atoms with Gasteiger partial charge in [0, 0.05) is 11.0 Å². The van der Waals surface area contributed by atoms with Gasteiger partial charge in [-0.2, -0.15) is 5.26 Å². The quantitative estimate of drug-likeness (QED) is 0.748. The average molecular weight is 369 g/mol. The van der Waals surface area contributed by atoms with Gasteiger partial charge in [-0.3, -0.25) is 0 Å². The minimum atomic E-state index is -3.57. The van der Waals surface area contributed by atoms with E-state index in [1.165, 1.54) is 12.1 Å². The summed E-state index contributed by atoms with van der Waals surface area (Å²) >= 11 is 3.18. The minimum absolute atomic E-state index is 0. The van der Waals surface area contributed by atoms with Gasteiger partial charge in [0.25, 0.3) is 0 Å². The molecule has 0 unspecified atom stereocenters. The van der Waals surface area contributed by atoms with E-state index in [0.29, 0.717) is 29.5 Å². The van der Waals surface area contributed by atoms with E-state index in [9.17, 15) is 8.42 Å². The van der Waals surface area contributed by atoms with Crippen LogP contribution in [0.25, 0.3) is 0 Å². The van der Waals surface area contributed by atoms with E-state index < -0.39 is 10.0 Å². The third-order valence-corrected chi connectivity index (χ3v) is 4.13. The maximum atomic E-state index is 11.9. The molecule has 0 amide bonds. The van der Waals surface area contributed by atoms with E-state index in [4.69, 9.17) is 11.0 Å². The molecule has 19 heavy (non-hydrogen) atoms. The van der Waals surface area contributed by atoms with E-state index in [0.717, 1.165) is 6.42 Å². The summed E-state index contributed by atoms with van der Waals surface area (Å²) in [6, 6.07) is 6.29. The minimum Gasteiger partial charge on any atom is -0.330 e. The lowest BCUT2D eigenvalue weighted by Gasteiger charge is -2.07. The van der Waals surface area contributed by atoms with Crippen molar-refractivity contribution in [2.75, 3.05) is 13.1 Å². The zero-order chi connectivity index (χ0) is 13.6. The van der Waals surface area contributed by atoms with Crippen LogP contribution in [0, 0.1) is 11.3 Å². The van der Waals surface area contributed by atoms with E-state index >= 15 is 0 Å². The zero-order valence-corrected chi connectivity index (χ0v) is 13.3. The molecule has 0 aliphatic carbocycles. The fourth-order valence-corrected chi connectivity index (χ4v) is 3.13. The second kappa shape index (κ2) is 8.51. The fraction of sp³-hybridized carbons (Fsp3) is 0.364. The molecule has 1 aromatic carbocycles. The first-order chi connectivity index (χ1) is 8.49. The second-order valence-corrected chi connectivity index (χ2v) is 6.36. The Kier molecular flexibility index (Phi) is 8.22. The number of nitrogens with two attached hydrogens (primary N) is 1. The predicted molar refractivity (Wildman–Crippen MR) is 79.6 cm³/mol. The van der Waals surface area contributed by atoms with Crippen LogP contribution in [-0.2, 0) is 10.0 Å². The highest BCUT2D eigenvalue weighted by molar-refractivity contribution is 9.10. The molecule has 106 valence electrons. The molecule has 0 heterocycles. The Balaban J connectivity index is 0.00000324. The largest absolute Gasteiger partial charge is 0.330 e. The summed E-state index contributed by atoms with van der Waals surface area (Å²) in [4.78, 5) is 0.0844. The number of unbranched alkanes of at least 4 members (excludes halogenated alkanes) is 1. The van der Waals surface area contributed by atoms with Crippen LogP contribution in [0.2, 0.25) is 0 Å². The number of benzene rings is 1. The molecular formula is C11H15BrClN3O2S. The van der Waals surface area contributed by atoms with Gasteiger partial charge in [-0.15, -0.1) is 12.4 Å². The first kappa shape index (κ1) is 18.4. The molecule has 0 radical (unpaired) electrons. The molecule has 0 aromatic heterocycles. The summed E-state index contributed by atoms with van der Waals surface area (Å²) in [5, 5.41) is 8.80. The van der Waals surface area contributed by atoms with E-state index in [1.807, 2.05) is 6.07 Å². The van der Waals surface area contributed by atoms with Crippen LogP contribution in [0.5, 0.6) is 0 Å². The number of halogens is 2. The van der Waals surface area contributed by atoms with E-state index in [1.54, 1.807) is 6.07 Å². The van der Waals surface area contributed by atoms with Crippen molar-refractivity contribution in [3.05, 3.63) is 28.2 Å². The SMILES string of the molecule is Cl.N#Cc1cc(Br)cc(S(=O)(=O)NCCCCN)c1. The monoisotopic (exact) mass is 367 g/mol. The van der Waals surface area contributed by atoms with Crippen LogP contribution in [-0.4, -0.2) is 21.5 Å². The van der Waals surface area contributed by atoms with Gasteiger partial charge in [0.2, 0.25) is 10.0 Å².